The third-order valence-electron chi connectivity index (χ3n) is 3.97. The molecular weight excluding hydrogens is 318 g/mol. The van der Waals surface area contributed by atoms with Crippen molar-refractivity contribution >= 4 is 11.9 Å². The second kappa shape index (κ2) is 8.33. The Labute approximate surface area is 148 Å². The zero-order chi connectivity index (χ0) is 18.4. The van der Waals surface area contributed by atoms with Gasteiger partial charge >= 0.3 is 5.97 Å². The van der Waals surface area contributed by atoms with Gasteiger partial charge in [0.1, 0.15) is 5.75 Å². The van der Waals surface area contributed by atoms with Crippen molar-refractivity contribution in [1.29, 1.82) is 0 Å². The van der Waals surface area contributed by atoms with Crippen LogP contribution >= 0.6 is 0 Å². The molecule has 5 nitrogen and oxygen atoms in total. The second-order valence-electron chi connectivity index (χ2n) is 5.96. The minimum Gasteiger partial charge on any atom is -0.496 e. The lowest BCUT2D eigenvalue weighted by Gasteiger charge is -2.19. The number of hydrogen-bond donors (Lipinski definition) is 0. The van der Waals surface area contributed by atoms with Crippen molar-refractivity contribution in [1.82, 2.24) is 4.90 Å². The number of benzene rings is 2. The molecule has 0 aliphatic heterocycles. The van der Waals surface area contributed by atoms with Crippen LogP contribution in [0.3, 0.4) is 0 Å². The molecule has 0 atom stereocenters. The van der Waals surface area contributed by atoms with Gasteiger partial charge in [0, 0.05) is 19.2 Å². The van der Waals surface area contributed by atoms with Crippen molar-refractivity contribution in [3.8, 4) is 5.75 Å². The highest BCUT2D eigenvalue weighted by Crippen LogP contribution is 2.19. The van der Waals surface area contributed by atoms with E-state index in [-0.39, 0.29) is 12.5 Å². The van der Waals surface area contributed by atoms with E-state index in [9.17, 15) is 9.59 Å². The summed E-state index contributed by atoms with van der Waals surface area (Å²) in [6, 6.07) is 13.0. The van der Waals surface area contributed by atoms with Crippen molar-refractivity contribution in [2.24, 2.45) is 0 Å². The summed E-state index contributed by atoms with van der Waals surface area (Å²) in [7, 11) is 3.26. The first-order valence-electron chi connectivity index (χ1n) is 8.02. The zero-order valence-corrected chi connectivity index (χ0v) is 15.0. The summed E-state index contributed by atoms with van der Waals surface area (Å²) >= 11 is 0. The molecule has 25 heavy (non-hydrogen) atoms. The molecule has 0 bridgehead atoms. The van der Waals surface area contributed by atoms with Crippen LogP contribution in [0, 0.1) is 13.8 Å². The van der Waals surface area contributed by atoms with E-state index in [0.29, 0.717) is 12.1 Å². The highest BCUT2D eigenvalue weighted by Gasteiger charge is 2.16. The van der Waals surface area contributed by atoms with Crippen LogP contribution < -0.4 is 4.74 Å². The molecule has 5 heteroatoms. The molecule has 0 heterocycles. The van der Waals surface area contributed by atoms with E-state index in [2.05, 4.69) is 0 Å². The highest BCUT2D eigenvalue weighted by atomic mass is 16.5. The number of likely N-dealkylation sites (N-methyl/N-ethyl adjacent to an activating group) is 1. The van der Waals surface area contributed by atoms with Crippen molar-refractivity contribution in [3.05, 3.63) is 64.7 Å². The normalized spacial score (nSPS) is 10.2. The molecule has 0 aliphatic rings. The molecule has 0 aliphatic carbocycles. The van der Waals surface area contributed by atoms with Crippen LogP contribution in [-0.2, 0) is 16.1 Å². The van der Waals surface area contributed by atoms with Crippen molar-refractivity contribution < 1.29 is 19.1 Å². The van der Waals surface area contributed by atoms with E-state index in [4.69, 9.17) is 9.47 Å². The Morgan fingerprint density at radius 2 is 1.80 bits per heavy atom. The molecule has 2 aromatic rings. The maximum Gasteiger partial charge on any atom is 0.338 e. The van der Waals surface area contributed by atoms with Gasteiger partial charge < -0.3 is 14.4 Å². The second-order valence-corrected chi connectivity index (χ2v) is 5.96. The molecule has 2 aromatic carbocycles. The van der Waals surface area contributed by atoms with Crippen LogP contribution in [0.4, 0.5) is 0 Å². The minimum atomic E-state index is -0.486. The fourth-order valence-electron chi connectivity index (χ4n) is 2.45. The molecule has 0 aromatic heterocycles. The largest absolute Gasteiger partial charge is 0.496 e. The number of nitrogens with zero attached hydrogens (tertiary/aromatic N) is 1. The van der Waals surface area contributed by atoms with Gasteiger partial charge in [-0.1, -0.05) is 35.9 Å². The van der Waals surface area contributed by atoms with E-state index in [0.717, 1.165) is 22.4 Å². The van der Waals surface area contributed by atoms with Crippen LogP contribution in [-0.4, -0.2) is 37.5 Å². The van der Waals surface area contributed by atoms with Crippen molar-refractivity contribution in [2.75, 3.05) is 20.8 Å². The Kier molecular flexibility index (Phi) is 6.17. The monoisotopic (exact) mass is 341 g/mol. The van der Waals surface area contributed by atoms with E-state index >= 15 is 0 Å². The Balaban J connectivity index is 1.95. The average Bonchev–Trinajstić information content (AvgIpc) is 2.61. The van der Waals surface area contributed by atoms with Crippen LogP contribution in [0.2, 0.25) is 0 Å². The Bertz CT molecular complexity index is 770. The number of hydrogen-bond acceptors (Lipinski definition) is 4. The summed E-state index contributed by atoms with van der Waals surface area (Å²) in [6.07, 6.45) is 0. The molecule has 0 N–H and O–H groups in total. The average molecular weight is 341 g/mol. The number of para-hydroxylation sites is 1. The molecule has 0 unspecified atom stereocenters. The molecule has 2 rings (SSSR count). The van der Waals surface area contributed by atoms with Gasteiger partial charge in [0.25, 0.3) is 5.91 Å². The van der Waals surface area contributed by atoms with Crippen LogP contribution in [0.5, 0.6) is 5.75 Å². The molecule has 0 saturated heterocycles. The summed E-state index contributed by atoms with van der Waals surface area (Å²) < 4.78 is 10.5. The number of aryl methyl sites for hydroxylation is 2. The number of methoxy groups -OCH3 is 1. The zero-order valence-electron chi connectivity index (χ0n) is 15.0. The van der Waals surface area contributed by atoms with Crippen LogP contribution in [0.15, 0.2) is 42.5 Å². The SMILES string of the molecule is COc1ccccc1CN(C)C(=O)COC(=O)c1cc(C)ccc1C. The predicted molar refractivity (Wildman–Crippen MR) is 95.7 cm³/mol. The molecule has 0 fully saturated rings. The maximum absolute atomic E-state index is 12.2. The number of esters is 1. The lowest BCUT2D eigenvalue weighted by atomic mass is 10.1. The molecule has 1 amide bonds. The molecular formula is C20H23NO4. The van der Waals surface area contributed by atoms with Gasteiger partial charge in [-0.2, -0.15) is 0 Å². The number of rotatable bonds is 6. The Morgan fingerprint density at radius 1 is 1.08 bits per heavy atom. The van der Waals surface area contributed by atoms with Gasteiger partial charge in [0.05, 0.1) is 12.7 Å². The van der Waals surface area contributed by atoms with Crippen LogP contribution in [0.25, 0.3) is 0 Å². The first-order chi connectivity index (χ1) is 11.9. The summed E-state index contributed by atoms with van der Waals surface area (Å²) in [5.74, 6) is -0.0423. The van der Waals surface area contributed by atoms with E-state index in [1.807, 2.05) is 50.2 Å². The Morgan fingerprint density at radius 3 is 2.52 bits per heavy atom. The first kappa shape index (κ1) is 18.5. The van der Waals surface area contributed by atoms with Gasteiger partial charge in [0.15, 0.2) is 6.61 Å². The van der Waals surface area contributed by atoms with Crippen molar-refractivity contribution in [3.63, 3.8) is 0 Å². The number of carbonyl (C=O) groups excluding carboxylic acids is 2. The van der Waals surface area contributed by atoms with Crippen molar-refractivity contribution in [2.45, 2.75) is 20.4 Å². The van der Waals surface area contributed by atoms with Gasteiger partial charge in [-0.3, -0.25) is 4.79 Å². The number of amides is 1. The van der Waals surface area contributed by atoms with Crippen LogP contribution in [0.1, 0.15) is 27.0 Å². The quantitative estimate of drug-likeness (QED) is 0.758. The summed E-state index contributed by atoms with van der Waals surface area (Å²) in [5.41, 5.74) is 3.17. The van der Waals surface area contributed by atoms with Gasteiger partial charge in [0.2, 0.25) is 0 Å². The third-order valence-corrected chi connectivity index (χ3v) is 3.97. The fourth-order valence-corrected chi connectivity index (χ4v) is 2.45. The summed E-state index contributed by atoms with van der Waals surface area (Å²) in [5, 5.41) is 0. The van der Waals surface area contributed by atoms with Gasteiger partial charge in [-0.15, -0.1) is 0 Å². The summed E-state index contributed by atoms with van der Waals surface area (Å²) in [4.78, 5) is 25.9. The Hall–Kier alpha value is -2.82. The molecule has 0 spiro atoms. The minimum absolute atomic E-state index is 0.274. The maximum atomic E-state index is 12.2. The third kappa shape index (κ3) is 4.83. The number of ether oxygens (including phenoxy) is 2. The van der Waals surface area contributed by atoms with Gasteiger partial charge in [-0.25, -0.2) is 4.79 Å². The van der Waals surface area contributed by atoms with Gasteiger partial charge in [-0.05, 0) is 31.5 Å². The highest BCUT2D eigenvalue weighted by molar-refractivity contribution is 5.92. The topological polar surface area (TPSA) is 55.8 Å². The molecule has 0 saturated carbocycles. The smallest absolute Gasteiger partial charge is 0.338 e. The number of carbonyl (C=O) groups is 2. The fraction of sp³-hybridized carbons (Fsp3) is 0.300. The molecule has 132 valence electrons. The predicted octanol–water partition coefficient (Wildman–Crippen LogP) is 3.13. The molecule has 0 radical (unpaired) electrons. The lowest BCUT2D eigenvalue weighted by Crippen LogP contribution is -2.31. The standard InChI is InChI=1S/C20H23NO4/c1-14-9-10-15(2)17(11-14)20(23)25-13-19(22)21(3)12-16-7-5-6-8-18(16)24-4/h5-11H,12-13H2,1-4H3. The van der Waals surface area contributed by atoms with E-state index in [1.54, 1.807) is 20.2 Å². The van der Waals surface area contributed by atoms with E-state index in [1.165, 1.54) is 4.90 Å². The lowest BCUT2D eigenvalue weighted by molar-refractivity contribution is -0.133. The first-order valence-corrected chi connectivity index (χ1v) is 8.02. The van der Waals surface area contributed by atoms with E-state index < -0.39 is 5.97 Å². The summed E-state index contributed by atoms with van der Waals surface area (Å²) in [6.45, 7) is 3.83.